The molecule has 0 amide bonds. The molecule has 0 bridgehead atoms. The number of carbonyl (C=O) groups excluding carboxylic acids is 1. The van der Waals surface area contributed by atoms with Crippen molar-refractivity contribution in [1.82, 2.24) is 0 Å². The molecule has 70 valence electrons. The van der Waals surface area contributed by atoms with Crippen LogP contribution >= 0.6 is 56.8 Å². The van der Waals surface area contributed by atoms with Crippen molar-refractivity contribution in [2.75, 3.05) is 7.11 Å². The Morgan fingerprint density at radius 1 is 1.46 bits per heavy atom. The molecule has 0 fully saturated rings. The maximum absolute atomic E-state index is 11.2. The first kappa shape index (κ1) is 11.5. The summed E-state index contributed by atoms with van der Waals surface area (Å²) >= 11 is 10.1. The van der Waals surface area contributed by atoms with E-state index in [1.165, 1.54) is 7.11 Å². The first-order valence-electron chi connectivity index (χ1n) is 3.29. The molecule has 0 atom stereocenters. The number of benzene rings is 1. The minimum atomic E-state index is -0.359. The summed E-state index contributed by atoms with van der Waals surface area (Å²) in [6.07, 6.45) is 0. The molecule has 2 nitrogen and oxygen atoms in total. The average molecular weight is 422 g/mol. The van der Waals surface area contributed by atoms with Gasteiger partial charge in [-0.1, -0.05) is 11.6 Å². The lowest BCUT2D eigenvalue weighted by Gasteiger charge is -2.05. The van der Waals surface area contributed by atoms with Crippen LogP contribution in [0.3, 0.4) is 0 Å². The van der Waals surface area contributed by atoms with Crippen LogP contribution in [0, 0.1) is 7.14 Å². The van der Waals surface area contributed by atoms with E-state index in [2.05, 4.69) is 27.3 Å². The Labute approximate surface area is 108 Å². The summed E-state index contributed by atoms with van der Waals surface area (Å²) in [5.74, 6) is -0.359. The minimum Gasteiger partial charge on any atom is -0.465 e. The lowest BCUT2D eigenvalue weighted by atomic mass is 10.2. The second kappa shape index (κ2) is 4.79. The molecule has 0 spiro atoms. The van der Waals surface area contributed by atoms with Crippen LogP contribution in [-0.2, 0) is 4.74 Å². The molecule has 0 aliphatic rings. The average Bonchev–Trinajstić information content (AvgIpc) is 2.13. The van der Waals surface area contributed by atoms with Gasteiger partial charge in [-0.05, 0) is 57.3 Å². The number of methoxy groups -OCH3 is 1. The smallest absolute Gasteiger partial charge is 0.338 e. The monoisotopic (exact) mass is 422 g/mol. The SMILES string of the molecule is COC(=O)c1ccc(I)c(Cl)c1I. The Balaban J connectivity index is 3.26. The molecule has 1 aromatic carbocycles. The summed E-state index contributed by atoms with van der Waals surface area (Å²) in [7, 11) is 1.35. The van der Waals surface area contributed by atoms with Gasteiger partial charge in [0.1, 0.15) is 0 Å². The van der Waals surface area contributed by atoms with Gasteiger partial charge < -0.3 is 4.74 Å². The molecule has 1 rings (SSSR count). The third-order valence-electron chi connectivity index (χ3n) is 1.44. The van der Waals surface area contributed by atoms with Gasteiger partial charge in [0.15, 0.2) is 0 Å². The summed E-state index contributed by atoms with van der Waals surface area (Å²) in [4.78, 5) is 11.2. The summed E-state index contributed by atoms with van der Waals surface area (Å²) in [6.45, 7) is 0. The fraction of sp³-hybridized carbons (Fsp3) is 0.125. The zero-order chi connectivity index (χ0) is 10.0. The van der Waals surface area contributed by atoms with Gasteiger partial charge in [0.05, 0.1) is 17.7 Å². The van der Waals surface area contributed by atoms with Crippen molar-refractivity contribution in [2.24, 2.45) is 0 Å². The number of hydrogen-bond donors (Lipinski definition) is 0. The molecule has 5 heteroatoms. The van der Waals surface area contributed by atoms with Gasteiger partial charge in [-0.25, -0.2) is 4.79 Å². The molecule has 0 aromatic heterocycles. The van der Waals surface area contributed by atoms with Crippen molar-refractivity contribution in [3.8, 4) is 0 Å². The summed E-state index contributed by atoms with van der Waals surface area (Å²) in [5.41, 5.74) is 0.508. The molecule has 0 aliphatic carbocycles. The maximum atomic E-state index is 11.2. The highest BCUT2D eigenvalue weighted by atomic mass is 127. The van der Waals surface area contributed by atoms with E-state index in [0.29, 0.717) is 10.6 Å². The Hall–Kier alpha value is 0.440. The van der Waals surface area contributed by atoms with Crippen LogP contribution in [0.1, 0.15) is 10.4 Å². The van der Waals surface area contributed by atoms with Gasteiger partial charge in [-0.15, -0.1) is 0 Å². The van der Waals surface area contributed by atoms with Crippen LogP contribution in [0.15, 0.2) is 12.1 Å². The number of esters is 1. The first-order chi connectivity index (χ1) is 6.07. The lowest BCUT2D eigenvalue weighted by Crippen LogP contribution is -2.04. The topological polar surface area (TPSA) is 26.3 Å². The molecular formula is C8H5ClI2O2. The van der Waals surface area contributed by atoms with Gasteiger partial charge in [0, 0.05) is 7.14 Å². The molecular weight excluding hydrogens is 417 g/mol. The van der Waals surface area contributed by atoms with Crippen LogP contribution in [0.25, 0.3) is 0 Å². The van der Waals surface area contributed by atoms with E-state index in [-0.39, 0.29) is 5.97 Å². The Morgan fingerprint density at radius 2 is 2.08 bits per heavy atom. The van der Waals surface area contributed by atoms with Crippen molar-refractivity contribution in [3.63, 3.8) is 0 Å². The third kappa shape index (κ3) is 2.47. The fourth-order valence-electron chi connectivity index (χ4n) is 0.794. The van der Waals surface area contributed by atoms with Crippen molar-refractivity contribution >= 4 is 62.8 Å². The van der Waals surface area contributed by atoms with E-state index in [9.17, 15) is 4.79 Å². The third-order valence-corrected chi connectivity index (χ3v) is 4.49. The van der Waals surface area contributed by atoms with E-state index in [4.69, 9.17) is 11.6 Å². The van der Waals surface area contributed by atoms with Gasteiger partial charge >= 0.3 is 5.97 Å². The highest BCUT2D eigenvalue weighted by Crippen LogP contribution is 2.27. The second-order valence-corrected chi connectivity index (χ2v) is 4.83. The normalized spacial score (nSPS) is 9.85. The number of halogens is 3. The number of hydrogen-bond acceptors (Lipinski definition) is 2. The second-order valence-electron chi connectivity index (χ2n) is 2.21. The van der Waals surface area contributed by atoms with Gasteiger partial charge in [-0.2, -0.15) is 0 Å². The predicted molar refractivity (Wildman–Crippen MR) is 68.2 cm³/mol. The molecule has 13 heavy (non-hydrogen) atoms. The molecule has 1 aromatic rings. The molecule has 0 unspecified atom stereocenters. The van der Waals surface area contributed by atoms with Crippen molar-refractivity contribution in [1.29, 1.82) is 0 Å². The Bertz CT molecular complexity index is 352. The molecule has 0 saturated carbocycles. The van der Waals surface area contributed by atoms with E-state index in [1.54, 1.807) is 12.1 Å². The molecule has 0 aliphatic heterocycles. The van der Waals surface area contributed by atoms with Crippen molar-refractivity contribution in [2.45, 2.75) is 0 Å². The summed E-state index contributed by atoms with van der Waals surface area (Å²) < 4.78 is 6.27. The molecule has 0 radical (unpaired) electrons. The highest BCUT2D eigenvalue weighted by Gasteiger charge is 2.14. The molecule has 0 N–H and O–H groups in total. The fourth-order valence-corrected chi connectivity index (χ4v) is 2.61. The standard InChI is InChI=1S/C8H5ClI2O2/c1-13-8(12)4-2-3-5(10)6(9)7(4)11/h2-3H,1H3. The zero-order valence-corrected chi connectivity index (χ0v) is 11.7. The largest absolute Gasteiger partial charge is 0.465 e. The van der Waals surface area contributed by atoms with Gasteiger partial charge in [-0.3, -0.25) is 0 Å². The Kier molecular flexibility index (Phi) is 4.24. The van der Waals surface area contributed by atoms with Crippen LogP contribution in [0.4, 0.5) is 0 Å². The molecule has 0 heterocycles. The van der Waals surface area contributed by atoms with E-state index in [0.717, 1.165) is 7.14 Å². The first-order valence-corrected chi connectivity index (χ1v) is 5.83. The van der Waals surface area contributed by atoms with Crippen LogP contribution < -0.4 is 0 Å². The van der Waals surface area contributed by atoms with Crippen LogP contribution in [0.2, 0.25) is 5.02 Å². The Morgan fingerprint density at radius 3 is 2.62 bits per heavy atom. The van der Waals surface area contributed by atoms with Crippen LogP contribution in [0.5, 0.6) is 0 Å². The van der Waals surface area contributed by atoms with E-state index in [1.807, 2.05) is 22.6 Å². The minimum absolute atomic E-state index is 0.359. The number of ether oxygens (including phenoxy) is 1. The van der Waals surface area contributed by atoms with Gasteiger partial charge in [0.25, 0.3) is 0 Å². The number of rotatable bonds is 1. The summed E-state index contributed by atoms with van der Waals surface area (Å²) in [6, 6.07) is 3.50. The van der Waals surface area contributed by atoms with Gasteiger partial charge in [0.2, 0.25) is 0 Å². The highest BCUT2D eigenvalue weighted by molar-refractivity contribution is 14.1. The van der Waals surface area contributed by atoms with Crippen LogP contribution in [-0.4, -0.2) is 13.1 Å². The van der Waals surface area contributed by atoms with Crippen molar-refractivity contribution < 1.29 is 9.53 Å². The van der Waals surface area contributed by atoms with E-state index < -0.39 is 0 Å². The number of carbonyl (C=O) groups is 1. The predicted octanol–water partition coefficient (Wildman–Crippen LogP) is 3.34. The van der Waals surface area contributed by atoms with Crippen molar-refractivity contribution in [3.05, 3.63) is 29.9 Å². The molecule has 0 saturated heterocycles. The lowest BCUT2D eigenvalue weighted by molar-refractivity contribution is 0.0599. The summed E-state index contributed by atoms with van der Waals surface area (Å²) in [5, 5.41) is 0.601. The maximum Gasteiger partial charge on any atom is 0.338 e. The quantitative estimate of drug-likeness (QED) is 0.394. The van der Waals surface area contributed by atoms with E-state index >= 15 is 0 Å². The zero-order valence-electron chi connectivity index (χ0n) is 6.61.